The van der Waals surface area contributed by atoms with E-state index in [1.165, 1.54) is 47.2 Å². The number of aryl methyl sites for hydroxylation is 1. The molecule has 0 aliphatic carbocycles. The van der Waals surface area contributed by atoms with E-state index in [0.717, 1.165) is 6.42 Å². The van der Waals surface area contributed by atoms with Gasteiger partial charge in [-0.15, -0.1) is 0 Å². The molecule has 0 aliphatic rings. The molecule has 4 aromatic rings. The number of hydrogen-bond acceptors (Lipinski definition) is 6. The minimum atomic E-state index is -4.50. The standard InChI is InChI=1S/C29H29F2N3O4S/c1-4-6-7-25-33-28(35)26(29(36)34(25)24(5-2)20-8-12-21(30)13-9-20)39(37,38)22-14-10-19(11-15-22)23-16-17-32-27(31)18(23)3/h8-17,24,35H,4-7H2,1-3H3/t24-/m0/s1. The van der Waals surface area contributed by atoms with E-state index in [0.29, 0.717) is 41.5 Å². The lowest BCUT2D eigenvalue weighted by Crippen LogP contribution is -2.33. The molecule has 0 saturated carbocycles. The third-order valence-electron chi connectivity index (χ3n) is 6.72. The van der Waals surface area contributed by atoms with Crippen molar-refractivity contribution in [3.63, 3.8) is 0 Å². The molecule has 2 aromatic heterocycles. The number of sulfone groups is 1. The molecule has 1 N–H and O–H groups in total. The van der Waals surface area contributed by atoms with Crippen LogP contribution in [0.4, 0.5) is 8.78 Å². The normalized spacial score (nSPS) is 12.4. The van der Waals surface area contributed by atoms with Crippen LogP contribution in [-0.4, -0.2) is 28.1 Å². The second-order valence-electron chi connectivity index (χ2n) is 9.24. The number of pyridine rings is 1. The summed E-state index contributed by atoms with van der Waals surface area (Å²) in [5.41, 5.74) is 1.13. The lowest BCUT2D eigenvalue weighted by atomic mass is 10.0. The summed E-state index contributed by atoms with van der Waals surface area (Å²) >= 11 is 0. The molecule has 10 heteroatoms. The van der Waals surface area contributed by atoms with Crippen molar-refractivity contribution in [3.05, 3.63) is 99.9 Å². The van der Waals surface area contributed by atoms with E-state index in [2.05, 4.69) is 9.97 Å². The quantitative estimate of drug-likeness (QED) is 0.264. The van der Waals surface area contributed by atoms with Gasteiger partial charge in [0.1, 0.15) is 11.6 Å². The molecule has 204 valence electrons. The number of halogens is 2. The molecule has 0 spiro atoms. The summed E-state index contributed by atoms with van der Waals surface area (Å²) in [5.74, 6) is -1.68. The predicted octanol–water partition coefficient (Wildman–Crippen LogP) is 5.77. The van der Waals surface area contributed by atoms with Crippen molar-refractivity contribution in [2.45, 2.75) is 62.3 Å². The first-order valence-electron chi connectivity index (χ1n) is 12.7. The van der Waals surface area contributed by atoms with Crippen molar-refractivity contribution in [1.82, 2.24) is 14.5 Å². The summed E-state index contributed by atoms with van der Waals surface area (Å²) in [6.07, 6.45) is 3.51. The SMILES string of the molecule is CCCCc1nc(O)c(S(=O)(=O)c2ccc(-c3ccnc(F)c3C)cc2)c(=O)n1[C@@H](CC)c1ccc(F)cc1. The molecule has 2 heterocycles. The van der Waals surface area contributed by atoms with E-state index < -0.39 is 44.0 Å². The lowest BCUT2D eigenvalue weighted by molar-refractivity contribution is 0.406. The van der Waals surface area contributed by atoms with E-state index in [1.807, 2.05) is 13.8 Å². The zero-order valence-corrected chi connectivity index (χ0v) is 22.7. The fraction of sp³-hybridized carbons (Fsp3) is 0.276. The molecule has 0 unspecified atom stereocenters. The van der Waals surface area contributed by atoms with Gasteiger partial charge in [-0.2, -0.15) is 9.37 Å². The Balaban J connectivity index is 1.86. The van der Waals surface area contributed by atoms with Gasteiger partial charge in [-0.25, -0.2) is 17.8 Å². The monoisotopic (exact) mass is 553 g/mol. The van der Waals surface area contributed by atoms with Gasteiger partial charge in [0.15, 0.2) is 4.90 Å². The van der Waals surface area contributed by atoms with Crippen molar-refractivity contribution in [3.8, 4) is 17.0 Å². The highest BCUT2D eigenvalue weighted by Crippen LogP contribution is 2.31. The van der Waals surface area contributed by atoms with E-state index in [-0.39, 0.29) is 10.7 Å². The van der Waals surface area contributed by atoms with E-state index >= 15 is 0 Å². The minimum absolute atomic E-state index is 0.227. The van der Waals surface area contributed by atoms with Gasteiger partial charge in [-0.3, -0.25) is 9.36 Å². The van der Waals surface area contributed by atoms with Crippen LogP contribution in [0.2, 0.25) is 0 Å². The van der Waals surface area contributed by atoms with Crippen LogP contribution in [0.5, 0.6) is 5.88 Å². The second-order valence-corrected chi connectivity index (χ2v) is 11.1. The molecule has 0 fully saturated rings. The van der Waals surface area contributed by atoms with E-state index in [1.54, 1.807) is 25.1 Å². The molecule has 4 rings (SSSR count). The Morgan fingerprint density at radius 2 is 1.67 bits per heavy atom. The maximum atomic E-state index is 13.9. The fourth-order valence-corrected chi connectivity index (χ4v) is 5.97. The van der Waals surface area contributed by atoms with E-state index in [4.69, 9.17) is 0 Å². The first-order chi connectivity index (χ1) is 18.6. The summed E-state index contributed by atoms with van der Waals surface area (Å²) < 4.78 is 56.2. The number of nitrogens with zero attached hydrogens (tertiary/aromatic N) is 3. The van der Waals surface area contributed by atoms with Crippen LogP contribution in [0, 0.1) is 18.7 Å². The number of benzene rings is 2. The van der Waals surface area contributed by atoms with Gasteiger partial charge in [-0.05, 0) is 66.8 Å². The number of aromatic hydroxyl groups is 1. The Morgan fingerprint density at radius 1 is 1.00 bits per heavy atom. The fourth-order valence-electron chi connectivity index (χ4n) is 4.62. The third-order valence-corrected chi connectivity index (χ3v) is 8.51. The van der Waals surface area contributed by atoms with Crippen LogP contribution < -0.4 is 5.56 Å². The predicted molar refractivity (Wildman–Crippen MR) is 143 cm³/mol. The van der Waals surface area contributed by atoms with Crippen LogP contribution >= 0.6 is 0 Å². The molecule has 1 atom stereocenters. The average Bonchev–Trinajstić information content (AvgIpc) is 2.91. The van der Waals surface area contributed by atoms with Crippen LogP contribution in [0.25, 0.3) is 11.1 Å². The number of hydrogen-bond donors (Lipinski definition) is 1. The van der Waals surface area contributed by atoms with E-state index in [9.17, 15) is 27.1 Å². The smallest absolute Gasteiger partial charge is 0.277 e. The van der Waals surface area contributed by atoms with Gasteiger partial charge < -0.3 is 5.11 Å². The van der Waals surface area contributed by atoms with Gasteiger partial charge >= 0.3 is 0 Å². The highest BCUT2D eigenvalue weighted by molar-refractivity contribution is 7.91. The van der Waals surface area contributed by atoms with Crippen LogP contribution in [0.15, 0.2) is 75.4 Å². The average molecular weight is 554 g/mol. The van der Waals surface area contributed by atoms with Gasteiger partial charge in [0.05, 0.1) is 10.9 Å². The Bertz CT molecular complexity index is 1650. The third kappa shape index (κ3) is 5.47. The summed E-state index contributed by atoms with van der Waals surface area (Å²) in [4.78, 5) is 20.6. The Labute approximate surface area is 225 Å². The Kier molecular flexibility index (Phi) is 8.25. The summed E-state index contributed by atoms with van der Waals surface area (Å²) in [5, 5.41) is 10.8. The first-order valence-corrected chi connectivity index (χ1v) is 14.1. The zero-order valence-electron chi connectivity index (χ0n) is 21.9. The molecule has 0 radical (unpaired) electrons. The number of aromatic nitrogens is 3. The molecule has 39 heavy (non-hydrogen) atoms. The maximum Gasteiger partial charge on any atom is 0.277 e. The maximum absolute atomic E-state index is 13.9. The molecule has 0 aliphatic heterocycles. The van der Waals surface area contributed by atoms with Crippen LogP contribution in [-0.2, 0) is 16.3 Å². The summed E-state index contributed by atoms with van der Waals surface area (Å²) in [6, 6.07) is 12.2. The van der Waals surface area contributed by atoms with Gasteiger partial charge in [0, 0.05) is 18.2 Å². The molecular weight excluding hydrogens is 524 g/mol. The van der Waals surface area contributed by atoms with Crippen molar-refractivity contribution in [1.29, 1.82) is 0 Å². The van der Waals surface area contributed by atoms with Crippen molar-refractivity contribution in [2.24, 2.45) is 0 Å². The molecule has 0 bridgehead atoms. The second kappa shape index (κ2) is 11.4. The van der Waals surface area contributed by atoms with Gasteiger partial charge in [0.2, 0.25) is 21.7 Å². The highest BCUT2D eigenvalue weighted by Gasteiger charge is 2.31. The first kappa shape index (κ1) is 28.1. The van der Waals surface area contributed by atoms with Crippen molar-refractivity contribution < 1.29 is 22.3 Å². The molecular formula is C29H29F2N3O4S. The largest absolute Gasteiger partial charge is 0.492 e. The van der Waals surface area contributed by atoms with Crippen LogP contribution in [0.3, 0.4) is 0 Å². The summed E-state index contributed by atoms with van der Waals surface area (Å²) in [6.45, 7) is 5.36. The molecule has 0 amide bonds. The molecule has 2 aromatic carbocycles. The van der Waals surface area contributed by atoms with Crippen molar-refractivity contribution in [2.75, 3.05) is 0 Å². The molecule has 7 nitrogen and oxygen atoms in total. The summed E-state index contributed by atoms with van der Waals surface area (Å²) in [7, 11) is -4.50. The Morgan fingerprint density at radius 3 is 2.28 bits per heavy atom. The van der Waals surface area contributed by atoms with Gasteiger partial charge in [-0.1, -0.05) is 44.5 Å². The zero-order chi connectivity index (χ0) is 28.3. The van der Waals surface area contributed by atoms with Gasteiger partial charge in [0.25, 0.3) is 5.56 Å². The van der Waals surface area contributed by atoms with Crippen molar-refractivity contribution >= 4 is 9.84 Å². The van der Waals surface area contributed by atoms with Crippen LogP contribution in [0.1, 0.15) is 56.1 Å². The Hall–Kier alpha value is -3.92. The number of unbranched alkanes of at least 4 members (excludes halogenated alkanes) is 1. The lowest BCUT2D eigenvalue weighted by Gasteiger charge is -2.23. The minimum Gasteiger partial charge on any atom is -0.492 e. The topological polar surface area (TPSA) is 102 Å². The number of rotatable bonds is 9. The molecule has 0 saturated heterocycles. The highest BCUT2D eigenvalue weighted by atomic mass is 32.2.